The molecule has 0 saturated carbocycles. The molecule has 0 spiro atoms. The highest BCUT2D eigenvalue weighted by Gasteiger charge is 2.38. The Morgan fingerprint density at radius 2 is 1.88 bits per heavy atom. The van der Waals surface area contributed by atoms with Gasteiger partial charge in [0.25, 0.3) is 0 Å². The van der Waals surface area contributed by atoms with Gasteiger partial charge in [0, 0.05) is 23.6 Å². The van der Waals surface area contributed by atoms with E-state index in [4.69, 9.17) is 37.9 Å². The third kappa shape index (κ3) is 5.24. The fourth-order valence-electron chi connectivity index (χ4n) is 3.63. The number of anilines is 1. The van der Waals surface area contributed by atoms with E-state index >= 15 is 0 Å². The Kier molecular flexibility index (Phi) is 7.79. The van der Waals surface area contributed by atoms with E-state index in [0.717, 1.165) is 11.3 Å². The average molecular weight is 481 g/mol. The smallest absolute Gasteiger partial charge is 0.407 e. The highest BCUT2D eigenvalue weighted by Crippen LogP contribution is 2.33. The average Bonchev–Trinajstić information content (AvgIpc) is 3.16. The number of carbonyl (C=O) groups is 2. The molecule has 10 heteroatoms. The summed E-state index contributed by atoms with van der Waals surface area (Å²) in [5, 5.41) is 13.7. The van der Waals surface area contributed by atoms with Crippen LogP contribution < -0.4 is 5.32 Å². The van der Waals surface area contributed by atoms with Gasteiger partial charge in [-0.05, 0) is 31.0 Å². The zero-order valence-electron chi connectivity index (χ0n) is 18.2. The predicted molar refractivity (Wildman–Crippen MR) is 123 cm³/mol. The van der Waals surface area contributed by atoms with Crippen molar-refractivity contribution in [2.75, 3.05) is 18.4 Å². The fraction of sp³-hybridized carbons (Fsp3) is 0.455. The maximum atomic E-state index is 11.9. The maximum Gasteiger partial charge on any atom is 0.407 e. The number of carbonyl (C=O) groups excluding carboxylic acids is 1. The monoisotopic (exact) mass is 480 g/mol. The number of carboxylic acid groups (broad SMARTS) is 1. The molecule has 1 amide bonds. The molecule has 32 heavy (non-hydrogen) atoms. The van der Waals surface area contributed by atoms with Gasteiger partial charge in [0.15, 0.2) is 0 Å². The lowest BCUT2D eigenvalue weighted by Crippen LogP contribution is -2.36. The van der Waals surface area contributed by atoms with E-state index in [9.17, 15) is 14.7 Å². The number of halogens is 2. The normalized spacial score (nSPS) is 18.0. The minimum Gasteiger partial charge on any atom is -0.465 e. The summed E-state index contributed by atoms with van der Waals surface area (Å²) in [5.74, 6) is 0.172. The molecular weight excluding hydrogens is 455 g/mol. The quantitative estimate of drug-likeness (QED) is 0.554. The molecule has 2 atom stereocenters. The number of rotatable bonds is 7. The van der Waals surface area contributed by atoms with Crippen LogP contribution in [0.5, 0.6) is 0 Å². The number of aromatic nitrogens is 2. The Bertz CT molecular complexity index is 1020. The van der Waals surface area contributed by atoms with E-state index in [0.29, 0.717) is 40.1 Å². The predicted octanol–water partition coefficient (Wildman–Crippen LogP) is 4.67. The van der Waals surface area contributed by atoms with Crippen LogP contribution in [-0.2, 0) is 22.4 Å². The highest BCUT2D eigenvalue weighted by molar-refractivity contribution is 6.36. The van der Waals surface area contributed by atoms with E-state index < -0.39 is 18.2 Å². The van der Waals surface area contributed by atoms with Gasteiger partial charge in [-0.3, -0.25) is 4.79 Å². The van der Waals surface area contributed by atoms with Crippen molar-refractivity contribution in [3.8, 4) is 11.3 Å². The molecule has 0 aliphatic carbocycles. The Labute approximate surface area is 196 Å². The standard InChI is InChI=1S/C22H26Cl2N4O4/c1-4-15-20(13-8-7-12(23)9-14(13)24)25-16(5-2)21(26-15)27-17-10-28(22(30)31)11-18(17)32-19(29)6-3/h7-9,17-18H,4-6,10-11H2,1-3H3,(H,26,27)(H,30,31)/t17-,18+/m1/s1. The van der Waals surface area contributed by atoms with Gasteiger partial charge < -0.3 is 20.1 Å². The van der Waals surface area contributed by atoms with Crippen molar-refractivity contribution in [1.82, 2.24) is 14.9 Å². The summed E-state index contributed by atoms with van der Waals surface area (Å²) in [6.07, 6.45) is -0.254. The molecule has 0 radical (unpaired) electrons. The van der Waals surface area contributed by atoms with Gasteiger partial charge in [-0.25, -0.2) is 14.8 Å². The first-order chi connectivity index (χ1) is 15.3. The van der Waals surface area contributed by atoms with Gasteiger partial charge in [0.1, 0.15) is 11.9 Å². The number of hydrogen-bond donors (Lipinski definition) is 2. The largest absolute Gasteiger partial charge is 0.465 e. The van der Waals surface area contributed by atoms with Crippen LogP contribution >= 0.6 is 23.2 Å². The summed E-state index contributed by atoms with van der Waals surface area (Å²) >= 11 is 12.5. The van der Waals surface area contributed by atoms with E-state index in [2.05, 4.69) is 5.32 Å². The number of benzene rings is 1. The van der Waals surface area contributed by atoms with Crippen LogP contribution in [0.3, 0.4) is 0 Å². The van der Waals surface area contributed by atoms with Gasteiger partial charge in [-0.1, -0.05) is 44.0 Å². The summed E-state index contributed by atoms with van der Waals surface area (Å²) in [6, 6.07) is 4.81. The number of nitrogens with one attached hydrogen (secondary N) is 1. The maximum absolute atomic E-state index is 11.9. The highest BCUT2D eigenvalue weighted by atomic mass is 35.5. The van der Waals surface area contributed by atoms with Gasteiger partial charge >= 0.3 is 12.1 Å². The Hall–Kier alpha value is -2.58. The lowest BCUT2D eigenvalue weighted by molar-refractivity contribution is -0.148. The van der Waals surface area contributed by atoms with Crippen LogP contribution in [0.1, 0.15) is 38.6 Å². The first-order valence-corrected chi connectivity index (χ1v) is 11.3. The third-order valence-electron chi connectivity index (χ3n) is 5.33. The van der Waals surface area contributed by atoms with Crippen LogP contribution in [0.25, 0.3) is 11.3 Å². The summed E-state index contributed by atoms with van der Waals surface area (Å²) < 4.78 is 5.49. The number of nitrogens with zero attached hydrogens (tertiary/aromatic N) is 3. The second kappa shape index (κ2) is 10.4. The van der Waals surface area contributed by atoms with Crippen molar-refractivity contribution < 1.29 is 19.4 Å². The van der Waals surface area contributed by atoms with Crippen LogP contribution in [0.2, 0.25) is 10.0 Å². The molecule has 0 bridgehead atoms. The van der Waals surface area contributed by atoms with Gasteiger partial charge in [-0.15, -0.1) is 0 Å². The van der Waals surface area contributed by atoms with Crippen LogP contribution in [0.15, 0.2) is 18.2 Å². The van der Waals surface area contributed by atoms with E-state index in [1.807, 2.05) is 19.9 Å². The second-order valence-corrected chi connectivity index (χ2v) is 8.31. The van der Waals surface area contributed by atoms with Crippen molar-refractivity contribution in [2.45, 2.75) is 52.2 Å². The molecule has 1 saturated heterocycles. The van der Waals surface area contributed by atoms with Crippen LogP contribution in [-0.4, -0.2) is 57.3 Å². The number of likely N-dealkylation sites (tertiary alicyclic amines) is 1. The van der Waals surface area contributed by atoms with Crippen LogP contribution in [0, 0.1) is 0 Å². The topological polar surface area (TPSA) is 105 Å². The molecule has 1 aliphatic rings. The third-order valence-corrected chi connectivity index (χ3v) is 5.87. The number of ether oxygens (including phenoxy) is 1. The van der Waals surface area contributed by atoms with Crippen molar-refractivity contribution in [3.63, 3.8) is 0 Å². The summed E-state index contributed by atoms with van der Waals surface area (Å²) in [6.45, 7) is 5.91. The lowest BCUT2D eigenvalue weighted by atomic mass is 10.1. The zero-order chi connectivity index (χ0) is 23.4. The van der Waals surface area contributed by atoms with Gasteiger partial charge in [0.05, 0.1) is 34.7 Å². The zero-order valence-corrected chi connectivity index (χ0v) is 19.7. The van der Waals surface area contributed by atoms with E-state index in [-0.39, 0.29) is 25.5 Å². The molecule has 172 valence electrons. The van der Waals surface area contributed by atoms with Crippen LogP contribution in [0.4, 0.5) is 10.6 Å². The minimum atomic E-state index is -1.06. The molecule has 2 N–H and O–H groups in total. The van der Waals surface area contributed by atoms with Gasteiger partial charge in [0.2, 0.25) is 0 Å². The van der Waals surface area contributed by atoms with Crippen molar-refractivity contribution in [1.29, 1.82) is 0 Å². The van der Waals surface area contributed by atoms with Gasteiger partial charge in [-0.2, -0.15) is 0 Å². The molecule has 1 aromatic heterocycles. The van der Waals surface area contributed by atoms with Crippen molar-refractivity contribution in [3.05, 3.63) is 39.6 Å². The Morgan fingerprint density at radius 3 is 2.47 bits per heavy atom. The summed E-state index contributed by atoms with van der Waals surface area (Å²) in [7, 11) is 0. The lowest BCUT2D eigenvalue weighted by Gasteiger charge is -2.22. The summed E-state index contributed by atoms with van der Waals surface area (Å²) in [4.78, 5) is 34.2. The molecule has 1 aliphatic heterocycles. The number of amides is 1. The molecular formula is C22H26Cl2N4O4. The van der Waals surface area contributed by atoms with E-state index in [1.54, 1.807) is 19.1 Å². The molecule has 2 heterocycles. The van der Waals surface area contributed by atoms with Crippen molar-refractivity contribution in [2.24, 2.45) is 0 Å². The first-order valence-electron chi connectivity index (χ1n) is 10.6. The molecule has 3 rings (SSSR count). The van der Waals surface area contributed by atoms with E-state index in [1.165, 1.54) is 4.90 Å². The Balaban J connectivity index is 1.96. The number of hydrogen-bond acceptors (Lipinski definition) is 6. The molecule has 2 aromatic rings. The molecule has 1 fully saturated rings. The number of esters is 1. The summed E-state index contributed by atoms with van der Waals surface area (Å²) in [5.41, 5.74) is 2.88. The Morgan fingerprint density at radius 1 is 1.16 bits per heavy atom. The van der Waals surface area contributed by atoms with Crippen molar-refractivity contribution >= 4 is 41.1 Å². The first kappa shape index (κ1) is 24.1. The molecule has 1 aromatic carbocycles. The number of aryl methyl sites for hydroxylation is 2. The molecule has 8 nitrogen and oxygen atoms in total. The fourth-order valence-corrected chi connectivity index (χ4v) is 4.12. The molecule has 0 unspecified atom stereocenters. The minimum absolute atomic E-state index is 0.104. The second-order valence-electron chi connectivity index (χ2n) is 7.47. The SMILES string of the molecule is CCC(=O)O[C@H]1CN(C(=O)O)C[C@H]1Nc1nc(CC)c(-c2ccc(Cl)cc2Cl)nc1CC.